The van der Waals surface area contributed by atoms with E-state index in [0.717, 1.165) is 28.5 Å². The standard InChI is InChI=1S/C30H27NO3S/c32-20-24-13-10-18-27(19-24)30(25-14-6-2-7-15-25,26-16-8-3-9-17-26)31-28(22-35)29(33)34-21-23-11-4-1-5-12-23/h1-20,28,31,35H,21-22H2. The lowest BCUT2D eigenvalue weighted by molar-refractivity contribution is -0.147. The van der Waals surface area contributed by atoms with Crippen LogP contribution >= 0.6 is 12.6 Å². The van der Waals surface area contributed by atoms with Gasteiger partial charge in [0.1, 0.15) is 18.9 Å². The molecule has 4 aromatic carbocycles. The monoisotopic (exact) mass is 481 g/mol. The maximum atomic E-state index is 13.3. The second-order valence-corrected chi connectivity index (χ2v) is 8.56. The third-order valence-corrected chi connectivity index (χ3v) is 6.32. The Balaban J connectivity index is 1.80. The van der Waals surface area contributed by atoms with Crippen LogP contribution in [-0.2, 0) is 21.7 Å². The molecule has 0 bridgehead atoms. The second-order valence-electron chi connectivity index (χ2n) is 8.20. The van der Waals surface area contributed by atoms with Gasteiger partial charge in [0.2, 0.25) is 0 Å². The fraction of sp³-hybridized carbons (Fsp3) is 0.133. The average molecular weight is 482 g/mol. The number of thiol groups is 1. The van der Waals surface area contributed by atoms with Gasteiger partial charge in [-0.25, -0.2) is 0 Å². The summed E-state index contributed by atoms with van der Waals surface area (Å²) in [4.78, 5) is 24.9. The molecule has 0 aliphatic carbocycles. The number of esters is 1. The van der Waals surface area contributed by atoms with Gasteiger partial charge in [-0.05, 0) is 28.3 Å². The predicted octanol–water partition coefficient (Wildman–Crippen LogP) is 5.42. The van der Waals surface area contributed by atoms with E-state index in [1.54, 1.807) is 6.07 Å². The Morgan fingerprint density at radius 3 is 1.89 bits per heavy atom. The van der Waals surface area contributed by atoms with Crippen molar-refractivity contribution >= 4 is 24.9 Å². The largest absolute Gasteiger partial charge is 0.460 e. The number of aldehydes is 1. The Morgan fingerprint density at radius 2 is 1.34 bits per heavy atom. The van der Waals surface area contributed by atoms with Gasteiger partial charge in [-0.1, -0.05) is 109 Å². The number of hydrogen-bond donors (Lipinski definition) is 2. The summed E-state index contributed by atoms with van der Waals surface area (Å²) in [5.41, 5.74) is 3.22. The quantitative estimate of drug-likeness (QED) is 0.137. The topological polar surface area (TPSA) is 55.4 Å². The van der Waals surface area contributed by atoms with Crippen LogP contribution in [0.3, 0.4) is 0 Å². The minimum absolute atomic E-state index is 0.177. The number of carbonyl (C=O) groups is 2. The molecule has 176 valence electrons. The van der Waals surface area contributed by atoms with Gasteiger partial charge in [0.15, 0.2) is 0 Å². The molecule has 0 spiro atoms. The number of ether oxygens (including phenoxy) is 1. The lowest BCUT2D eigenvalue weighted by Gasteiger charge is -2.39. The van der Waals surface area contributed by atoms with E-state index in [4.69, 9.17) is 4.74 Å². The van der Waals surface area contributed by atoms with Crippen LogP contribution in [0.15, 0.2) is 115 Å². The van der Waals surface area contributed by atoms with Gasteiger partial charge in [0.25, 0.3) is 0 Å². The van der Waals surface area contributed by atoms with Crippen molar-refractivity contribution in [3.63, 3.8) is 0 Å². The molecule has 5 heteroatoms. The molecule has 0 amide bonds. The van der Waals surface area contributed by atoms with E-state index in [1.165, 1.54) is 0 Å². The SMILES string of the molecule is O=Cc1cccc(C(NC(CS)C(=O)OCc2ccccc2)(c2ccccc2)c2ccccc2)c1. The molecule has 0 radical (unpaired) electrons. The molecule has 4 rings (SSSR count). The molecule has 0 saturated heterocycles. The average Bonchev–Trinajstić information content (AvgIpc) is 2.94. The van der Waals surface area contributed by atoms with E-state index >= 15 is 0 Å². The molecule has 35 heavy (non-hydrogen) atoms. The Hall–Kier alpha value is -3.67. The smallest absolute Gasteiger partial charge is 0.324 e. The van der Waals surface area contributed by atoms with Crippen LogP contribution < -0.4 is 5.32 Å². The lowest BCUT2D eigenvalue weighted by atomic mass is 9.76. The van der Waals surface area contributed by atoms with Gasteiger partial charge in [-0.3, -0.25) is 14.9 Å². The van der Waals surface area contributed by atoms with Crippen molar-refractivity contribution in [1.29, 1.82) is 0 Å². The molecule has 4 aromatic rings. The number of carbonyl (C=O) groups excluding carboxylic acids is 2. The van der Waals surface area contributed by atoms with E-state index < -0.39 is 17.6 Å². The minimum Gasteiger partial charge on any atom is -0.460 e. The van der Waals surface area contributed by atoms with Crippen LogP contribution in [0, 0.1) is 0 Å². The first-order valence-corrected chi connectivity index (χ1v) is 12.1. The van der Waals surface area contributed by atoms with Crippen LogP contribution in [-0.4, -0.2) is 24.1 Å². The summed E-state index contributed by atoms with van der Waals surface area (Å²) in [6, 6.07) is 36.1. The molecule has 1 atom stereocenters. The Labute approximate surface area is 211 Å². The van der Waals surface area contributed by atoms with Crippen molar-refractivity contribution in [2.75, 3.05) is 5.75 Å². The first kappa shape index (κ1) is 24.5. The van der Waals surface area contributed by atoms with Gasteiger partial charge in [-0.2, -0.15) is 12.6 Å². The lowest BCUT2D eigenvalue weighted by Crippen LogP contribution is -2.53. The molecule has 0 aliphatic rings. The summed E-state index contributed by atoms with van der Waals surface area (Å²) in [5, 5.41) is 3.59. The van der Waals surface area contributed by atoms with E-state index in [9.17, 15) is 9.59 Å². The van der Waals surface area contributed by atoms with E-state index in [1.807, 2.05) is 109 Å². The summed E-state index contributed by atoms with van der Waals surface area (Å²) < 4.78 is 5.67. The summed E-state index contributed by atoms with van der Waals surface area (Å²) >= 11 is 4.50. The second kappa shape index (κ2) is 11.6. The molecule has 0 fully saturated rings. The highest BCUT2D eigenvalue weighted by Crippen LogP contribution is 2.37. The zero-order valence-corrected chi connectivity index (χ0v) is 20.1. The highest BCUT2D eigenvalue weighted by Gasteiger charge is 2.40. The van der Waals surface area contributed by atoms with Crippen molar-refractivity contribution in [2.45, 2.75) is 18.2 Å². The summed E-state index contributed by atoms with van der Waals surface area (Å²) in [7, 11) is 0. The Kier molecular flexibility index (Phi) is 8.14. The molecule has 0 saturated carbocycles. The third kappa shape index (κ3) is 5.53. The first-order chi connectivity index (χ1) is 17.2. The molecule has 1 N–H and O–H groups in total. The van der Waals surface area contributed by atoms with E-state index in [2.05, 4.69) is 17.9 Å². The number of hydrogen-bond acceptors (Lipinski definition) is 5. The summed E-state index contributed by atoms with van der Waals surface area (Å²) in [6.45, 7) is 0.177. The Bertz CT molecular complexity index is 1210. The zero-order chi connectivity index (χ0) is 24.5. The summed E-state index contributed by atoms with van der Waals surface area (Å²) in [5.74, 6) is -0.172. The molecular weight excluding hydrogens is 454 g/mol. The molecule has 0 aliphatic heterocycles. The van der Waals surface area contributed by atoms with Gasteiger partial charge < -0.3 is 4.74 Å². The van der Waals surface area contributed by atoms with Crippen molar-refractivity contribution in [1.82, 2.24) is 5.32 Å². The first-order valence-electron chi connectivity index (χ1n) is 11.4. The van der Waals surface area contributed by atoms with Crippen LogP contribution in [0.1, 0.15) is 32.6 Å². The van der Waals surface area contributed by atoms with Crippen molar-refractivity contribution in [3.8, 4) is 0 Å². The van der Waals surface area contributed by atoms with Crippen molar-refractivity contribution < 1.29 is 14.3 Å². The van der Waals surface area contributed by atoms with Crippen molar-refractivity contribution in [3.05, 3.63) is 143 Å². The zero-order valence-electron chi connectivity index (χ0n) is 19.2. The van der Waals surface area contributed by atoms with Crippen LogP contribution in [0.25, 0.3) is 0 Å². The number of benzene rings is 4. The van der Waals surface area contributed by atoms with E-state index in [-0.39, 0.29) is 12.4 Å². The molecule has 0 heterocycles. The van der Waals surface area contributed by atoms with Gasteiger partial charge in [0.05, 0.1) is 5.54 Å². The van der Waals surface area contributed by atoms with Crippen LogP contribution in [0.2, 0.25) is 0 Å². The van der Waals surface area contributed by atoms with Gasteiger partial charge >= 0.3 is 5.97 Å². The molecule has 1 unspecified atom stereocenters. The van der Waals surface area contributed by atoms with Crippen LogP contribution in [0.4, 0.5) is 0 Å². The fourth-order valence-corrected chi connectivity index (χ4v) is 4.48. The molecule has 4 nitrogen and oxygen atoms in total. The molecule has 0 aromatic heterocycles. The maximum absolute atomic E-state index is 13.3. The van der Waals surface area contributed by atoms with Gasteiger partial charge in [-0.15, -0.1) is 0 Å². The van der Waals surface area contributed by atoms with Gasteiger partial charge in [0, 0.05) is 11.3 Å². The highest BCUT2D eigenvalue weighted by atomic mass is 32.1. The number of rotatable bonds is 10. The van der Waals surface area contributed by atoms with Crippen molar-refractivity contribution in [2.24, 2.45) is 0 Å². The normalized spacial score (nSPS) is 12.0. The van der Waals surface area contributed by atoms with Crippen LogP contribution in [0.5, 0.6) is 0 Å². The molecular formula is C30H27NO3S. The minimum atomic E-state index is -0.930. The van der Waals surface area contributed by atoms with E-state index in [0.29, 0.717) is 5.56 Å². The highest BCUT2D eigenvalue weighted by molar-refractivity contribution is 7.80. The number of nitrogens with one attached hydrogen (secondary N) is 1. The maximum Gasteiger partial charge on any atom is 0.324 e. The fourth-order valence-electron chi connectivity index (χ4n) is 4.24. The summed E-state index contributed by atoms with van der Waals surface area (Å²) in [6.07, 6.45) is 0.828. The third-order valence-electron chi connectivity index (χ3n) is 5.95. The predicted molar refractivity (Wildman–Crippen MR) is 142 cm³/mol. The Morgan fingerprint density at radius 1 is 0.800 bits per heavy atom.